The molecule has 0 saturated carbocycles. The molecule has 1 N–H and O–H groups in total. The normalized spacial score (nSPS) is 9.68. The molecule has 0 unspecified atom stereocenters. The second-order valence-electron chi connectivity index (χ2n) is 4.91. The zero-order chi connectivity index (χ0) is 14.9. The molecule has 2 aromatic carbocycles. The highest BCUT2D eigenvalue weighted by atomic mass is 127. The van der Waals surface area contributed by atoms with Crippen LogP contribution >= 0.6 is 24.0 Å². The van der Waals surface area contributed by atoms with Crippen molar-refractivity contribution in [2.75, 3.05) is 0 Å². The van der Waals surface area contributed by atoms with E-state index in [9.17, 15) is 4.79 Å². The Labute approximate surface area is 149 Å². The first-order valence-electron chi connectivity index (χ1n) is 7.31. The lowest BCUT2D eigenvalue weighted by atomic mass is 10.2. The Morgan fingerprint density at radius 2 is 1.73 bits per heavy atom. The first kappa shape index (κ1) is 18.5. The highest BCUT2D eigenvalue weighted by Crippen LogP contribution is 2.19. The molecular weight excluding hydrogens is 389 g/mol. The topological polar surface area (TPSA) is 38.3 Å². The average molecular weight is 411 g/mol. The highest BCUT2D eigenvalue weighted by molar-refractivity contribution is 14.0. The Morgan fingerprint density at radius 3 is 2.45 bits per heavy atom. The summed E-state index contributed by atoms with van der Waals surface area (Å²) in [5.41, 5.74) is 2.13. The van der Waals surface area contributed by atoms with Gasteiger partial charge in [-0.2, -0.15) is 0 Å². The Bertz CT molecular complexity index is 572. The third-order valence-corrected chi connectivity index (χ3v) is 3.16. The lowest BCUT2D eigenvalue weighted by Gasteiger charge is -2.12. The quantitative estimate of drug-likeness (QED) is 0.690. The molecule has 0 bridgehead atoms. The molecule has 0 spiro atoms. The van der Waals surface area contributed by atoms with E-state index in [0.717, 1.165) is 23.3 Å². The predicted octanol–water partition coefficient (Wildman–Crippen LogP) is 4.30. The SMILES string of the molecule is CCCC(=O)NCc1ccccc1OCc1ccccc1.I. The molecule has 1 amide bonds. The lowest BCUT2D eigenvalue weighted by Crippen LogP contribution is -2.22. The number of rotatable bonds is 7. The van der Waals surface area contributed by atoms with Gasteiger partial charge < -0.3 is 10.1 Å². The molecule has 2 rings (SSSR count). The molecular formula is C18H22INO2. The molecule has 22 heavy (non-hydrogen) atoms. The van der Waals surface area contributed by atoms with Crippen LogP contribution in [0.15, 0.2) is 54.6 Å². The summed E-state index contributed by atoms with van der Waals surface area (Å²) in [5.74, 6) is 0.897. The molecule has 3 nitrogen and oxygen atoms in total. The number of hydrogen-bond acceptors (Lipinski definition) is 2. The first-order chi connectivity index (χ1) is 10.3. The van der Waals surface area contributed by atoms with E-state index in [-0.39, 0.29) is 29.9 Å². The van der Waals surface area contributed by atoms with E-state index >= 15 is 0 Å². The molecule has 0 aliphatic rings. The smallest absolute Gasteiger partial charge is 0.220 e. The first-order valence-corrected chi connectivity index (χ1v) is 7.31. The Hall–Kier alpha value is -1.56. The van der Waals surface area contributed by atoms with Crippen molar-refractivity contribution in [3.8, 4) is 5.75 Å². The molecule has 0 aromatic heterocycles. The van der Waals surface area contributed by atoms with Crippen LogP contribution in [0.1, 0.15) is 30.9 Å². The molecule has 4 heteroatoms. The third kappa shape index (κ3) is 6.05. The van der Waals surface area contributed by atoms with Crippen molar-refractivity contribution >= 4 is 29.9 Å². The Morgan fingerprint density at radius 1 is 1.05 bits per heavy atom. The van der Waals surface area contributed by atoms with E-state index in [1.807, 2.05) is 61.5 Å². The highest BCUT2D eigenvalue weighted by Gasteiger charge is 2.05. The van der Waals surface area contributed by atoms with Crippen molar-refractivity contribution in [1.29, 1.82) is 0 Å². The lowest BCUT2D eigenvalue weighted by molar-refractivity contribution is -0.121. The number of amides is 1. The molecule has 0 aliphatic heterocycles. The molecule has 0 aliphatic carbocycles. The van der Waals surface area contributed by atoms with Crippen LogP contribution in [-0.4, -0.2) is 5.91 Å². The number of carbonyl (C=O) groups excluding carboxylic acids is 1. The standard InChI is InChI=1S/C18H21NO2.HI/c1-2-8-18(20)19-13-16-11-6-7-12-17(16)21-14-15-9-4-3-5-10-15;/h3-7,9-12H,2,8,13-14H2,1H3,(H,19,20);1H. The minimum Gasteiger partial charge on any atom is -0.489 e. The zero-order valence-electron chi connectivity index (χ0n) is 12.7. The summed E-state index contributed by atoms with van der Waals surface area (Å²) in [6.07, 6.45) is 1.42. The van der Waals surface area contributed by atoms with Crippen LogP contribution in [0, 0.1) is 0 Å². The maximum atomic E-state index is 11.6. The van der Waals surface area contributed by atoms with Crippen molar-refractivity contribution in [3.63, 3.8) is 0 Å². The number of carbonyl (C=O) groups is 1. The Balaban J connectivity index is 0.00000242. The van der Waals surface area contributed by atoms with Gasteiger partial charge in [0.25, 0.3) is 0 Å². The molecule has 0 radical (unpaired) electrons. The van der Waals surface area contributed by atoms with Gasteiger partial charge >= 0.3 is 0 Å². The fourth-order valence-electron chi connectivity index (χ4n) is 2.04. The maximum Gasteiger partial charge on any atom is 0.220 e. The zero-order valence-corrected chi connectivity index (χ0v) is 15.1. The van der Waals surface area contributed by atoms with Gasteiger partial charge in [-0.05, 0) is 18.1 Å². The summed E-state index contributed by atoms with van der Waals surface area (Å²) < 4.78 is 5.86. The van der Waals surface area contributed by atoms with Crippen molar-refractivity contribution in [3.05, 3.63) is 65.7 Å². The average Bonchev–Trinajstić information content (AvgIpc) is 2.53. The Kier molecular flexibility index (Phi) is 8.58. The largest absolute Gasteiger partial charge is 0.489 e. The summed E-state index contributed by atoms with van der Waals surface area (Å²) in [5, 5.41) is 2.92. The van der Waals surface area contributed by atoms with Crippen molar-refractivity contribution in [2.45, 2.75) is 32.9 Å². The number of nitrogens with one attached hydrogen (secondary N) is 1. The van der Waals surface area contributed by atoms with E-state index in [0.29, 0.717) is 19.6 Å². The van der Waals surface area contributed by atoms with Crippen molar-refractivity contribution in [1.82, 2.24) is 5.32 Å². The van der Waals surface area contributed by atoms with Crippen LogP contribution in [0.2, 0.25) is 0 Å². The van der Waals surface area contributed by atoms with Crippen LogP contribution in [0.3, 0.4) is 0 Å². The summed E-state index contributed by atoms with van der Waals surface area (Å²) in [6, 6.07) is 17.9. The van der Waals surface area contributed by atoms with Gasteiger partial charge in [0.05, 0.1) is 0 Å². The number of ether oxygens (including phenoxy) is 1. The van der Waals surface area contributed by atoms with Crippen molar-refractivity contribution < 1.29 is 9.53 Å². The van der Waals surface area contributed by atoms with E-state index in [4.69, 9.17) is 4.74 Å². The van der Waals surface area contributed by atoms with E-state index in [1.54, 1.807) is 0 Å². The monoisotopic (exact) mass is 411 g/mol. The van der Waals surface area contributed by atoms with E-state index in [1.165, 1.54) is 0 Å². The van der Waals surface area contributed by atoms with Gasteiger partial charge in [-0.25, -0.2) is 0 Å². The van der Waals surface area contributed by atoms with Gasteiger partial charge in [0, 0.05) is 18.5 Å². The second kappa shape index (κ2) is 10.2. The van der Waals surface area contributed by atoms with Crippen LogP contribution in [0.25, 0.3) is 0 Å². The minimum atomic E-state index is 0. The number of para-hydroxylation sites is 1. The maximum absolute atomic E-state index is 11.6. The summed E-state index contributed by atoms with van der Waals surface area (Å²) in [6.45, 7) is 3.03. The van der Waals surface area contributed by atoms with Crippen LogP contribution < -0.4 is 10.1 Å². The molecule has 0 saturated heterocycles. The van der Waals surface area contributed by atoms with Gasteiger partial charge in [-0.15, -0.1) is 24.0 Å². The summed E-state index contributed by atoms with van der Waals surface area (Å²) in [7, 11) is 0. The van der Waals surface area contributed by atoms with Crippen LogP contribution in [0.4, 0.5) is 0 Å². The van der Waals surface area contributed by atoms with Crippen molar-refractivity contribution in [2.24, 2.45) is 0 Å². The van der Waals surface area contributed by atoms with Crippen LogP contribution in [0.5, 0.6) is 5.75 Å². The third-order valence-electron chi connectivity index (χ3n) is 3.16. The van der Waals surface area contributed by atoms with Gasteiger partial charge in [-0.3, -0.25) is 4.79 Å². The number of benzene rings is 2. The molecule has 0 atom stereocenters. The fourth-order valence-corrected chi connectivity index (χ4v) is 2.04. The van der Waals surface area contributed by atoms with Gasteiger partial charge in [-0.1, -0.05) is 55.5 Å². The molecule has 118 valence electrons. The summed E-state index contributed by atoms with van der Waals surface area (Å²) in [4.78, 5) is 11.6. The molecule has 2 aromatic rings. The van der Waals surface area contributed by atoms with E-state index < -0.39 is 0 Å². The number of hydrogen-bond donors (Lipinski definition) is 1. The minimum absolute atomic E-state index is 0. The van der Waals surface area contributed by atoms with Gasteiger partial charge in [0.15, 0.2) is 0 Å². The van der Waals surface area contributed by atoms with Gasteiger partial charge in [0.2, 0.25) is 5.91 Å². The fraction of sp³-hybridized carbons (Fsp3) is 0.278. The molecule has 0 fully saturated rings. The molecule has 0 heterocycles. The summed E-state index contributed by atoms with van der Waals surface area (Å²) >= 11 is 0. The predicted molar refractivity (Wildman–Crippen MR) is 99.4 cm³/mol. The second-order valence-corrected chi connectivity index (χ2v) is 4.91. The van der Waals surface area contributed by atoms with E-state index in [2.05, 4.69) is 5.32 Å². The van der Waals surface area contributed by atoms with Crippen LogP contribution in [-0.2, 0) is 17.9 Å². The van der Waals surface area contributed by atoms with Gasteiger partial charge in [0.1, 0.15) is 12.4 Å². The number of halogens is 1.